The molecule has 0 N–H and O–H groups in total. The molecule has 0 fully saturated rings. The molecular formula is C9H13N5O2. The van der Waals surface area contributed by atoms with E-state index in [4.69, 9.17) is 10.8 Å². The van der Waals surface area contributed by atoms with Crippen molar-refractivity contribution in [3.63, 3.8) is 0 Å². The second-order valence-electron chi connectivity index (χ2n) is 2.66. The van der Waals surface area contributed by atoms with Crippen LogP contribution in [-0.2, 0) is 9.53 Å². The maximum absolute atomic E-state index is 11.3. The number of nitrogens with zero attached hydrogens (tertiary/aromatic N) is 5. The van der Waals surface area contributed by atoms with Crippen molar-refractivity contribution in [1.82, 2.24) is 4.90 Å². The zero-order valence-corrected chi connectivity index (χ0v) is 9.47. The SMILES string of the molecule is CCN(CC)/C(N=[N+]=[N-])=C(\C#N)C(=O)OC. The molecule has 0 heterocycles. The lowest BCUT2D eigenvalue weighted by Crippen LogP contribution is -2.24. The van der Waals surface area contributed by atoms with Crippen LogP contribution in [0.3, 0.4) is 0 Å². The van der Waals surface area contributed by atoms with Crippen LogP contribution in [0.25, 0.3) is 10.4 Å². The Morgan fingerprint density at radius 2 is 2.12 bits per heavy atom. The number of carbonyl (C=O) groups is 1. The van der Waals surface area contributed by atoms with Crippen molar-refractivity contribution in [1.29, 1.82) is 5.26 Å². The molecule has 0 saturated carbocycles. The summed E-state index contributed by atoms with van der Waals surface area (Å²) < 4.78 is 4.44. The van der Waals surface area contributed by atoms with Gasteiger partial charge >= 0.3 is 5.97 Å². The minimum atomic E-state index is -0.809. The number of carbonyl (C=O) groups excluding carboxylic acids is 1. The van der Waals surface area contributed by atoms with Gasteiger partial charge in [0, 0.05) is 18.0 Å². The number of azide groups is 1. The molecule has 0 amide bonds. The van der Waals surface area contributed by atoms with Crippen molar-refractivity contribution in [3.8, 4) is 6.07 Å². The van der Waals surface area contributed by atoms with Gasteiger partial charge in [0.2, 0.25) is 0 Å². The molecule has 16 heavy (non-hydrogen) atoms. The Kier molecular flexibility index (Phi) is 6.17. The van der Waals surface area contributed by atoms with Crippen LogP contribution in [0.1, 0.15) is 13.8 Å². The molecule has 0 bridgehead atoms. The van der Waals surface area contributed by atoms with Crippen LogP contribution in [0.15, 0.2) is 16.5 Å². The first-order valence-corrected chi connectivity index (χ1v) is 4.68. The molecule has 86 valence electrons. The zero-order valence-electron chi connectivity index (χ0n) is 9.47. The van der Waals surface area contributed by atoms with Crippen LogP contribution < -0.4 is 0 Å². The fourth-order valence-electron chi connectivity index (χ4n) is 1.13. The van der Waals surface area contributed by atoms with E-state index in [-0.39, 0.29) is 11.4 Å². The maximum atomic E-state index is 11.3. The predicted octanol–water partition coefficient (Wildman–Crippen LogP) is 1.55. The Balaban J connectivity index is 5.60. The second kappa shape index (κ2) is 7.15. The second-order valence-corrected chi connectivity index (χ2v) is 2.66. The van der Waals surface area contributed by atoms with Crippen LogP contribution in [0.4, 0.5) is 0 Å². The number of nitriles is 1. The Hall–Kier alpha value is -2.19. The van der Waals surface area contributed by atoms with Gasteiger partial charge in [0.05, 0.1) is 7.11 Å². The van der Waals surface area contributed by atoms with E-state index in [1.54, 1.807) is 11.0 Å². The number of hydrogen-bond donors (Lipinski definition) is 0. The molecule has 7 heteroatoms. The van der Waals surface area contributed by atoms with Crippen LogP contribution in [0, 0.1) is 11.3 Å². The average Bonchev–Trinajstić information content (AvgIpc) is 2.31. The summed E-state index contributed by atoms with van der Waals surface area (Å²) >= 11 is 0. The largest absolute Gasteiger partial charge is 0.465 e. The third kappa shape index (κ3) is 3.19. The highest BCUT2D eigenvalue weighted by molar-refractivity contribution is 5.93. The molecule has 0 atom stereocenters. The molecule has 7 nitrogen and oxygen atoms in total. The third-order valence-corrected chi connectivity index (χ3v) is 1.93. The summed E-state index contributed by atoms with van der Waals surface area (Å²) in [5, 5.41) is 12.2. The lowest BCUT2D eigenvalue weighted by Gasteiger charge is -2.21. The zero-order chi connectivity index (χ0) is 12.6. The van der Waals surface area contributed by atoms with Gasteiger partial charge in [-0.25, -0.2) is 4.79 Å². The van der Waals surface area contributed by atoms with Gasteiger partial charge in [0.15, 0.2) is 5.57 Å². The van der Waals surface area contributed by atoms with E-state index in [9.17, 15) is 4.79 Å². The molecule has 0 aromatic rings. The normalized spacial score (nSPS) is 10.6. The van der Waals surface area contributed by atoms with E-state index >= 15 is 0 Å². The average molecular weight is 223 g/mol. The van der Waals surface area contributed by atoms with Gasteiger partial charge in [0.1, 0.15) is 11.9 Å². The van der Waals surface area contributed by atoms with E-state index in [0.29, 0.717) is 13.1 Å². The minimum absolute atomic E-state index is 0.00171. The standard InChI is InChI=1S/C9H13N5O2/c1-4-14(5-2)8(12-13-11)7(6-10)9(15)16-3/h4-5H2,1-3H3/b8-7+. The van der Waals surface area contributed by atoms with Crippen LogP contribution in [0.5, 0.6) is 0 Å². The number of ether oxygens (including phenoxy) is 1. The topological polar surface area (TPSA) is 102 Å². The Morgan fingerprint density at radius 1 is 1.56 bits per heavy atom. The third-order valence-electron chi connectivity index (χ3n) is 1.93. The van der Waals surface area contributed by atoms with Crippen molar-refractivity contribution in [3.05, 3.63) is 21.8 Å². The van der Waals surface area contributed by atoms with E-state index < -0.39 is 5.97 Å². The fourth-order valence-corrected chi connectivity index (χ4v) is 1.13. The summed E-state index contributed by atoms with van der Waals surface area (Å²) in [6.45, 7) is 4.69. The van der Waals surface area contributed by atoms with E-state index in [2.05, 4.69) is 14.8 Å². The number of rotatable bonds is 5. The van der Waals surface area contributed by atoms with Gasteiger partial charge in [-0.2, -0.15) is 5.26 Å². The van der Waals surface area contributed by atoms with E-state index in [1.165, 1.54) is 0 Å². The van der Waals surface area contributed by atoms with Gasteiger partial charge < -0.3 is 9.64 Å². The van der Waals surface area contributed by atoms with Crippen LogP contribution in [-0.4, -0.2) is 31.1 Å². The number of methoxy groups -OCH3 is 1. The molecule has 0 spiro atoms. The molecule has 0 aliphatic heterocycles. The molecule has 0 aromatic heterocycles. The van der Waals surface area contributed by atoms with Crippen LogP contribution >= 0.6 is 0 Å². The van der Waals surface area contributed by atoms with Crippen molar-refractivity contribution in [2.45, 2.75) is 13.8 Å². The molecule has 0 aliphatic rings. The molecule has 0 rings (SSSR count). The quantitative estimate of drug-likeness (QED) is 0.176. The predicted molar refractivity (Wildman–Crippen MR) is 56.7 cm³/mol. The van der Waals surface area contributed by atoms with E-state index in [0.717, 1.165) is 7.11 Å². The molecule has 0 aromatic carbocycles. The monoisotopic (exact) mass is 223 g/mol. The summed E-state index contributed by atoms with van der Waals surface area (Å²) in [4.78, 5) is 15.5. The Bertz CT molecular complexity index is 372. The lowest BCUT2D eigenvalue weighted by molar-refractivity contribution is -0.135. The number of hydrogen-bond acceptors (Lipinski definition) is 5. The highest BCUT2D eigenvalue weighted by Crippen LogP contribution is 2.13. The lowest BCUT2D eigenvalue weighted by atomic mass is 10.2. The van der Waals surface area contributed by atoms with Gasteiger partial charge in [-0.3, -0.25) is 0 Å². The molecule has 0 radical (unpaired) electrons. The first-order chi connectivity index (χ1) is 7.65. The van der Waals surface area contributed by atoms with Crippen molar-refractivity contribution in [2.24, 2.45) is 5.11 Å². The smallest absolute Gasteiger partial charge is 0.350 e. The van der Waals surface area contributed by atoms with Crippen molar-refractivity contribution in [2.75, 3.05) is 20.2 Å². The van der Waals surface area contributed by atoms with Gasteiger partial charge in [-0.15, -0.1) is 0 Å². The summed E-state index contributed by atoms with van der Waals surface area (Å²) in [6, 6.07) is 1.69. The van der Waals surface area contributed by atoms with Gasteiger partial charge in [0.25, 0.3) is 0 Å². The Labute approximate surface area is 93.5 Å². The van der Waals surface area contributed by atoms with Gasteiger partial charge in [-0.1, -0.05) is 0 Å². The summed E-state index contributed by atoms with van der Waals surface area (Å²) in [5.41, 5.74) is 8.12. The molecule has 0 saturated heterocycles. The number of esters is 1. The van der Waals surface area contributed by atoms with E-state index in [1.807, 2.05) is 13.8 Å². The molecule has 0 aliphatic carbocycles. The van der Waals surface area contributed by atoms with Crippen molar-refractivity contribution >= 4 is 5.97 Å². The van der Waals surface area contributed by atoms with Gasteiger partial charge in [-0.05, 0) is 24.5 Å². The van der Waals surface area contributed by atoms with Crippen molar-refractivity contribution < 1.29 is 9.53 Å². The Morgan fingerprint density at radius 3 is 2.44 bits per heavy atom. The molecule has 0 unspecified atom stereocenters. The maximum Gasteiger partial charge on any atom is 0.350 e. The minimum Gasteiger partial charge on any atom is -0.465 e. The summed E-state index contributed by atoms with van der Waals surface area (Å²) in [5.74, 6) is -0.807. The highest BCUT2D eigenvalue weighted by atomic mass is 16.5. The first-order valence-electron chi connectivity index (χ1n) is 4.68. The van der Waals surface area contributed by atoms with Crippen LogP contribution in [0.2, 0.25) is 0 Å². The highest BCUT2D eigenvalue weighted by Gasteiger charge is 2.18. The summed E-state index contributed by atoms with van der Waals surface area (Å²) in [7, 11) is 1.16. The summed E-state index contributed by atoms with van der Waals surface area (Å²) in [6.07, 6.45) is 0. The molecular weight excluding hydrogens is 210 g/mol. The fraction of sp³-hybridized carbons (Fsp3) is 0.556. The first kappa shape index (κ1) is 13.8.